The Balaban J connectivity index is 1.51. The molecule has 1 aliphatic heterocycles. The van der Waals surface area contributed by atoms with E-state index in [0.29, 0.717) is 12.0 Å². The number of terminal acetylenes is 1. The van der Waals surface area contributed by atoms with Crippen molar-refractivity contribution < 1.29 is 13.9 Å². The van der Waals surface area contributed by atoms with Crippen molar-refractivity contribution in [3.8, 4) is 18.1 Å². The van der Waals surface area contributed by atoms with Crippen LogP contribution >= 0.6 is 0 Å². The quantitative estimate of drug-likeness (QED) is 0.356. The Morgan fingerprint density at radius 2 is 2.03 bits per heavy atom. The van der Waals surface area contributed by atoms with Gasteiger partial charge in [0.25, 0.3) is 5.91 Å². The lowest BCUT2D eigenvalue weighted by molar-refractivity contribution is -0.130. The molecule has 5 rings (SSSR count). The van der Waals surface area contributed by atoms with Crippen LogP contribution in [0, 0.1) is 30.0 Å². The third kappa shape index (κ3) is 5.53. The topological polar surface area (TPSA) is 41.6 Å². The number of ether oxygens (including phenoxy) is 1. The molecule has 3 aliphatic rings. The molecule has 0 radical (unpaired) electrons. The molecule has 5 atom stereocenters. The molecule has 1 heterocycles. The fraction of sp³-hybridized carbons (Fsp3) is 0.559. The van der Waals surface area contributed by atoms with E-state index < -0.39 is 6.04 Å². The van der Waals surface area contributed by atoms with Gasteiger partial charge in [-0.25, -0.2) is 4.39 Å². The number of carbonyl (C=O) groups is 1. The second-order valence-electron chi connectivity index (χ2n) is 12.1. The van der Waals surface area contributed by atoms with E-state index >= 15 is 4.39 Å². The summed E-state index contributed by atoms with van der Waals surface area (Å²) in [4.78, 5) is 15.0. The van der Waals surface area contributed by atoms with Gasteiger partial charge in [0, 0.05) is 22.8 Å². The van der Waals surface area contributed by atoms with Crippen molar-refractivity contribution in [2.45, 2.75) is 102 Å². The van der Waals surface area contributed by atoms with Crippen molar-refractivity contribution in [1.29, 1.82) is 0 Å². The minimum Gasteiger partial charge on any atom is -0.497 e. The molecule has 1 amide bonds. The number of anilines is 1. The highest BCUT2D eigenvalue weighted by atomic mass is 19.1. The minimum absolute atomic E-state index is 0.0561. The zero-order valence-corrected chi connectivity index (χ0v) is 23.8. The highest BCUT2D eigenvalue weighted by molar-refractivity contribution is 5.94. The van der Waals surface area contributed by atoms with Crippen LogP contribution in [-0.2, 0) is 11.2 Å². The highest BCUT2D eigenvalue weighted by Gasteiger charge is 2.43. The van der Waals surface area contributed by atoms with Crippen molar-refractivity contribution in [2.24, 2.45) is 11.8 Å². The molecule has 39 heavy (non-hydrogen) atoms. The minimum atomic E-state index is -0.574. The maximum atomic E-state index is 16.2. The summed E-state index contributed by atoms with van der Waals surface area (Å²) in [6, 6.07) is 10.7. The van der Waals surface area contributed by atoms with Crippen LogP contribution in [0.2, 0.25) is 0 Å². The summed E-state index contributed by atoms with van der Waals surface area (Å²) < 4.78 is 21.7. The molecule has 5 heteroatoms. The fourth-order valence-corrected chi connectivity index (χ4v) is 7.81. The van der Waals surface area contributed by atoms with Gasteiger partial charge >= 0.3 is 0 Å². The van der Waals surface area contributed by atoms with E-state index in [1.54, 1.807) is 18.1 Å². The molecule has 2 bridgehead atoms. The van der Waals surface area contributed by atoms with Gasteiger partial charge in [0.1, 0.15) is 11.6 Å². The monoisotopic (exact) mass is 530 g/mol. The number of rotatable bonds is 8. The average Bonchev–Trinajstić information content (AvgIpc) is 2.94. The lowest BCUT2D eigenvalue weighted by atomic mass is 9.63. The van der Waals surface area contributed by atoms with Gasteiger partial charge in [-0.3, -0.25) is 4.79 Å². The number of unbranched alkanes of at least 4 members (excludes halogenated alkanes) is 1. The number of nitrogens with zero attached hydrogens (tertiary/aromatic N) is 1. The van der Waals surface area contributed by atoms with Crippen molar-refractivity contribution >= 4 is 11.6 Å². The van der Waals surface area contributed by atoms with E-state index in [9.17, 15) is 4.79 Å². The summed E-state index contributed by atoms with van der Waals surface area (Å²) in [5.74, 6) is 3.93. The predicted molar refractivity (Wildman–Crippen MR) is 155 cm³/mol. The first kappa shape index (κ1) is 27.6. The van der Waals surface area contributed by atoms with Gasteiger partial charge in [0.15, 0.2) is 0 Å². The Hall–Kier alpha value is -3.00. The van der Waals surface area contributed by atoms with Crippen molar-refractivity contribution in [1.82, 2.24) is 4.90 Å². The number of benzene rings is 2. The molecule has 4 nitrogen and oxygen atoms in total. The second kappa shape index (κ2) is 11.6. The van der Waals surface area contributed by atoms with Crippen LogP contribution in [-0.4, -0.2) is 29.5 Å². The Kier molecular flexibility index (Phi) is 8.21. The van der Waals surface area contributed by atoms with Gasteiger partial charge in [0.05, 0.1) is 13.2 Å². The molecular weight excluding hydrogens is 487 g/mol. The number of hydrogen-bond acceptors (Lipinski definition) is 3. The van der Waals surface area contributed by atoms with E-state index in [2.05, 4.69) is 25.1 Å². The molecule has 0 saturated heterocycles. The molecule has 2 aliphatic carbocycles. The van der Waals surface area contributed by atoms with Crippen LogP contribution in [0.5, 0.6) is 5.75 Å². The Morgan fingerprint density at radius 1 is 1.21 bits per heavy atom. The zero-order chi connectivity index (χ0) is 27.6. The molecule has 0 spiro atoms. The van der Waals surface area contributed by atoms with E-state index in [1.165, 1.54) is 32.1 Å². The van der Waals surface area contributed by atoms with E-state index in [-0.39, 0.29) is 23.3 Å². The molecule has 1 N–H and O–H groups in total. The van der Waals surface area contributed by atoms with Gasteiger partial charge in [-0.1, -0.05) is 58.1 Å². The second-order valence-corrected chi connectivity index (χ2v) is 12.1. The van der Waals surface area contributed by atoms with Gasteiger partial charge in [-0.05, 0) is 91.7 Å². The summed E-state index contributed by atoms with van der Waals surface area (Å²) in [6.07, 6.45) is 17.7. The van der Waals surface area contributed by atoms with E-state index in [1.807, 2.05) is 30.3 Å². The molecule has 2 aromatic rings. The van der Waals surface area contributed by atoms with E-state index in [4.69, 9.17) is 11.2 Å². The molecule has 2 saturated carbocycles. The summed E-state index contributed by atoms with van der Waals surface area (Å²) in [5, 5.41) is 3.81. The maximum absolute atomic E-state index is 16.2. The third-order valence-electron chi connectivity index (χ3n) is 9.60. The first-order valence-electron chi connectivity index (χ1n) is 14.9. The van der Waals surface area contributed by atoms with Crippen molar-refractivity contribution in [2.75, 3.05) is 12.4 Å². The molecular formula is C34H43FN2O2. The number of fused-ring (bicyclic) bond motifs is 3. The Bertz CT molecular complexity index is 1240. The number of nitrogens with one attached hydrogen (secondary N) is 1. The van der Waals surface area contributed by atoms with Crippen LogP contribution in [0.3, 0.4) is 0 Å². The van der Waals surface area contributed by atoms with Crippen LogP contribution < -0.4 is 10.1 Å². The van der Waals surface area contributed by atoms with Crippen LogP contribution in [0.15, 0.2) is 36.4 Å². The average molecular weight is 531 g/mol. The van der Waals surface area contributed by atoms with Crippen molar-refractivity contribution in [3.63, 3.8) is 0 Å². The molecule has 2 aromatic carbocycles. The predicted octanol–water partition coefficient (Wildman–Crippen LogP) is 7.66. The number of hydrogen-bond donors (Lipinski definition) is 1. The molecule has 0 aromatic heterocycles. The lowest BCUT2D eigenvalue weighted by Crippen LogP contribution is -2.48. The SMILES string of the molecule is C#CC(=O)N1[C@@H](CCCC)Cc2cc(OC)ccc2[C@@H]1c1ccc(NC23CCCC(CC(CC)C2)C3)cc1F. The summed E-state index contributed by atoms with van der Waals surface area (Å²) in [5.41, 5.74) is 3.38. The summed E-state index contributed by atoms with van der Waals surface area (Å²) in [6.45, 7) is 4.43. The van der Waals surface area contributed by atoms with E-state index in [0.717, 1.165) is 66.5 Å². The standard InChI is InChI=1S/C34H43FN2O2/c1-5-8-11-27-18-25-19-28(39-4)13-15-29(25)33(37(27)32(38)7-3)30-14-12-26(20-31(30)35)36-34-16-9-10-24(22-34)17-23(6-2)21-34/h3,12-15,19-20,23-24,27,33,36H,5-6,8-11,16-18,21-22H2,1-2,4H3/t23?,24?,27-,33+,34?/m0/s1. The van der Waals surface area contributed by atoms with Crippen LogP contribution in [0.4, 0.5) is 10.1 Å². The molecule has 3 unspecified atom stereocenters. The van der Waals surface area contributed by atoms with Crippen LogP contribution in [0.1, 0.15) is 101 Å². The molecule has 2 fully saturated rings. The first-order chi connectivity index (χ1) is 18.9. The molecule has 208 valence electrons. The van der Waals surface area contributed by atoms with Gasteiger partial charge in [0.2, 0.25) is 0 Å². The Morgan fingerprint density at radius 3 is 2.74 bits per heavy atom. The summed E-state index contributed by atoms with van der Waals surface area (Å²) in [7, 11) is 1.65. The number of methoxy groups -OCH3 is 1. The van der Waals surface area contributed by atoms with Gasteiger partial charge < -0.3 is 15.0 Å². The van der Waals surface area contributed by atoms with Crippen LogP contribution in [0.25, 0.3) is 0 Å². The number of carbonyl (C=O) groups excluding carboxylic acids is 1. The number of amides is 1. The highest BCUT2D eigenvalue weighted by Crippen LogP contribution is 2.48. The zero-order valence-electron chi connectivity index (χ0n) is 23.8. The number of halogens is 1. The van der Waals surface area contributed by atoms with Crippen molar-refractivity contribution in [3.05, 3.63) is 58.9 Å². The fourth-order valence-electron chi connectivity index (χ4n) is 7.81. The first-order valence-corrected chi connectivity index (χ1v) is 14.9. The van der Waals surface area contributed by atoms with Gasteiger partial charge in [-0.2, -0.15) is 0 Å². The third-order valence-corrected chi connectivity index (χ3v) is 9.60. The van der Waals surface area contributed by atoms with Gasteiger partial charge in [-0.15, -0.1) is 6.42 Å². The Labute approximate surface area is 233 Å². The summed E-state index contributed by atoms with van der Waals surface area (Å²) >= 11 is 0. The maximum Gasteiger partial charge on any atom is 0.299 e. The normalized spacial score (nSPS) is 27.8. The lowest BCUT2D eigenvalue weighted by Gasteiger charge is -2.49. The largest absolute Gasteiger partial charge is 0.497 e. The smallest absolute Gasteiger partial charge is 0.299 e.